The van der Waals surface area contributed by atoms with Crippen LogP contribution in [0.5, 0.6) is 0 Å². The first-order valence-electron chi connectivity index (χ1n) is 13.6. The number of aromatic nitrogens is 1. The van der Waals surface area contributed by atoms with Crippen molar-refractivity contribution >= 4 is 10.9 Å². The van der Waals surface area contributed by atoms with Crippen LogP contribution in [0, 0.1) is 19.9 Å². The Kier molecular flexibility index (Phi) is 6.57. The zero-order valence-corrected chi connectivity index (χ0v) is 25.6. The molecule has 40 heavy (non-hydrogen) atoms. The second-order valence-electron chi connectivity index (χ2n) is 11.4. The summed E-state index contributed by atoms with van der Waals surface area (Å²) in [6.45, 7) is 8.96. The second-order valence-corrected chi connectivity index (χ2v) is 11.4. The Balaban J connectivity index is 0.00000289. The molecule has 7 rings (SSSR count). The average molecular weight is 693 g/mol. The van der Waals surface area contributed by atoms with Gasteiger partial charge in [0.15, 0.2) is 0 Å². The number of hydrogen-bond donors (Lipinski definition) is 0. The molecule has 1 aliphatic rings. The van der Waals surface area contributed by atoms with E-state index in [9.17, 15) is 0 Å². The Hall–Kier alpha value is -3.84. The van der Waals surface area contributed by atoms with Gasteiger partial charge in [0.05, 0.1) is 5.52 Å². The number of nitrogens with zero attached hydrogens (tertiary/aromatic N) is 1. The van der Waals surface area contributed by atoms with Crippen molar-refractivity contribution < 1.29 is 20.1 Å². The molecule has 0 aliphatic heterocycles. The molecule has 1 aromatic heterocycles. The monoisotopic (exact) mass is 693 g/mol. The SMILES string of the molecule is Cc1cc(C)cc(-c2ccc3nc(-c4[c-]cc5c(c4)C(C)(C)c4ccccc4-5)cc(-c4ccccc4)c3c2)c1.[Ir]. The normalized spacial score (nSPS) is 13.0. The first kappa shape index (κ1) is 26.4. The number of aryl methyl sites for hydroxylation is 2. The molecule has 0 spiro atoms. The topological polar surface area (TPSA) is 12.9 Å². The van der Waals surface area contributed by atoms with Gasteiger partial charge in [-0.05, 0) is 64.9 Å². The maximum atomic E-state index is 5.19. The summed E-state index contributed by atoms with van der Waals surface area (Å²) in [5.74, 6) is 0. The first-order valence-corrected chi connectivity index (χ1v) is 13.6. The summed E-state index contributed by atoms with van der Waals surface area (Å²) >= 11 is 0. The van der Waals surface area contributed by atoms with Crippen LogP contribution in [0.3, 0.4) is 0 Å². The molecule has 0 atom stereocenters. The van der Waals surface area contributed by atoms with Gasteiger partial charge in [-0.1, -0.05) is 121 Å². The molecule has 1 aliphatic carbocycles. The van der Waals surface area contributed by atoms with Gasteiger partial charge < -0.3 is 0 Å². The molecule has 0 amide bonds. The van der Waals surface area contributed by atoms with E-state index in [1.807, 2.05) is 0 Å². The quantitative estimate of drug-likeness (QED) is 0.168. The van der Waals surface area contributed by atoms with Crippen LogP contribution in [0.25, 0.3) is 55.5 Å². The van der Waals surface area contributed by atoms with Gasteiger partial charge in [-0.15, -0.1) is 29.3 Å². The molecule has 197 valence electrons. The summed E-state index contributed by atoms with van der Waals surface area (Å²) in [5.41, 5.74) is 15.6. The van der Waals surface area contributed by atoms with Crippen LogP contribution in [0.2, 0.25) is 0 Å². The molecule has 0 N–H and O–H groups in total. The molecular weight excluding hydrogens is 663 g/mol. The second kappa shape index (κ2) is 9.97. The maximum Gasteiger partial charge on any atom is 0.0602 e. The van der Waals surface area contributed by atoms with Crippen LogP contribution in [-0.2, 0) is 25.5 Å². The van der Waals surface area contributed by atoms with Crippen LogP contribution in [0.1, 0.15) is 36.1 Å². The Morgan fingerprint density at radius 1 is 0.600 bits per heavy atom. The molecule has 5 aromatic carbocycles. The number of rotatable bonds is 3. The fraction of sp³-hybridized carbons (Fsp3) is 0.132. The van der Waals surface area contributed by atoms with Crippen molar-refractivity contribution in [2.45, 2.75) is 33.1 Å². The zero-order chi connectivity index (χ0) is 26.7. The molecule has 6 aromatic rings. The van der Waals surface area contributed by atoms with Gasteiger partial charge >= 0.3 is 0 Å². The molecule has 2 heteroatoms. The largest absolute Gasteiger partial charge is 0.296 e. The molecule has 0 saturated carbocycles. The predicted octanol–water partition coefficient (Wildman–Crippen LogP) is 9.96. The third-order valence-corrected chi connectivity index (χ3v) is 8.24. The van der Waals surface area contributed by atoms with Crippen molar-refractivity contribution in [2.24, 2.45) is 0 Å². The van der Waals surface area contributed by atoms with Gasteiger partial charge in [-0.3, -0.25) is 4.98 Å². The van der Waals surface area contributed by atoms with E-state index in [-0.39, 0.29) is 25.5 Å². The van der Waals surface area contributed by atoms with Crippen LogP contribution >= 0.6 is 0 Å². The summed E-state index contributed by atoms with van der Waals surface area (Å²) in [4.78, 5) is 5.19. The van der Waals surface area contributed by atoms with E-state index in [4.69, 9.17) is 4.98 Å². The van der Waals surface area contributed by atoms with Crippen LogP contribution < -0.4 is 0 Å². The summed E-state index contributed by atoms with van der Waals surface area (Å²) in [6.07, 6.45) is 0. The van der Waals surface area contributed by atoms with Gasteiger partial charge in [0.1, 0.15) is 0 Å². The van der Waals surface area contributed by atoms with Gasteiger partial charge in [0.25, 0.3) is 0 Å². The standard InChI is InChI=1S/C38H30N.Ir/c1-24-18-25(2)20-29(19-24)27-15-17-36-33(21-27)32(26-10-6-5-7-11-26)23-37(39-36)28-14-16-31-30-12-8-9-13-34(30)38(3,4)35(31)22-28;/h5-13,15-23H,1-4H3;/q-1;. The number of pyridine rings is 1. The third kappa shape index (κ3) is 4.33. The molecule has 0 bridgehead atoms. The van der Waals surface area contributed by atoms with Crippen molar-refractivity contribution in [3.8, 4) is 44.6 Å². The van der Waals surface area contributed by atoms with Gasteiger partial charge in [-0.25, -0.2) is 0 Å². The summed E-state index contributed by atoms with van der Waals surface area (Å²) in [5, 5.41) is 1.16. The third-order valence-electron chi connectivity index (χ3n) is 8.24. The molecule has 0 fully saturated rings. The molecular formula is C38H30IrN-. The van der Waals surface area contributed by atoms with Crippen molar-refractivity contribution in [3.63, 3.8) is 0 Å². The van der Waals surface area contributed by atoms with Crippen molar-refractivity contribution in [1.29, 1.82) is 0 Å². The summed E-state index contributed by atoms with van der Waals surface area (Å²) in [6, 6.07) is 43.1. The number of fused-ring (bicyclic) bond motifs is 4. The smallest absolute Gasteiger partial charge is 0.0602 e. The van der Waals surface area contributed by atoms with Crippen LogP contribution in [-0.4, -0.2) is 4.98 Å². The van der Waals surface area contributed by atoms with E-state index >= 15 is 0 Å². The molecule has 1 nitrogen and oxygen atoms in total. The Bertz CT molecular complexity index is 1880. The maximum absolute atomic E-state index is 5.19. The van der Waals surface area contributed by atoms with E-state index in [1.54, 1.807) is 0 Å². The molecule has 0 saturated heterocycles. The van der Waals surface area contributed by atoms with E-state index in [0.29, 0.717) is 0 Å². The minimum absolute atomic E-state index is 0. The fourth-order valence-electron chi connectivity index (χ4n) is 6.33. The van der Waals surface area contributed by atoms with Crippen LogP contribution in [0.15, 0.2) is 109 Å². The van der Waals surface area contributed by atoms with E-state index in [1.165, 1.54) is 55.6 Å². The average Bonchev–Trinajstić information content (AvgIpc) is 3.18. The summed E-state index contributed by atoms with van der Waals surface area (Å²) in [7, 11) is 0. The van der Waals surface area contributed by atoms with Crippen molar-refractivity contribution in [1.82, 2.24) is 4.98 Å². The van der Waals surface area contributed by atoms with Gasteiger partial charge in [0, 0.05) is 25.5 Å². The number of hydrogen-bond acceptors (Lipinski definition) is 1. The van der Waals surface area contributed by atoms with Gasteiger partial charge in [-0.2, -0.15) is 0 Å². The first-order chi connectivity index (χ1) is 18.9. The van der Waals surface area contributed by atoms with Crippen molar-refractivity contribution in [3.05, 3.63) is 138 Å². The van der Waals surface area contributed by atoms with E-state index < -0.39 is 0 Å². The van der Waals surface area contributed by atoms with Crippen molar-refractivity contribution in [2.75, 3.05) is 0 Å². The minimum Gasteiger partial charge on any atom is -0.296 e. The van der Waals surface area contributed by atoms with Gasteiger partial charge in [0.2, 0.25) is 0 Å². The number of benzene rings is 5. The predicted molar refractivity (Wildman–Crippen MR) is 164 cm³/mol. The Labute approximate surface area is 250 Å². The minimum atomic E-state index is -0.0598. The Morgan fingerprint density at radius 3 is 2.10 bits per heavy atom. The van der Waals surface area contributed by atoms with E-state index in [2.05, 4.69) is 143 Å². The van der Waals surface area contributed by atoms with Crippen LogP contribution in [0.4, 0.5) is 0 Å². The fourth-order valence-corrected chi connectivity index (χ4v) is 6.33. The zero-order valence-electron chi connectivity index (χ0n) is 23.2. The summed E-state index contributed by atoms with van der Waals surface area (Å²) < 4.78 is 0. The molecule has 0 unspecified atom stereocenters. The molecule has 1 radical (unpaired) electrons. The van der Waals surface area contributed by atoms with E-state index in [0.717, 1.165) is 22.2 Å². The Morgan fingerprint density at radius 2 is 1.32 bits per heavy atom. The molecule has 1 heterocycles.